The fourth-order valence-electron chi connectivity index (χ4n) is 3.94. The minimum absolute atomic E-state index is 0.0919. The van der Waals surface area contributed by atoms with Gasteiger partial charge >= 0.3 is 0 Å². The van der Waals surface area contributed by atoms with E-state index in [1.54, 1.807) is 49.4 Å². The normalized spacial score (nSPS) is 12.0. The molecule has 0 bridgehead atoms. The van der Waals surface area contributed by atoms with Crippen LogP contribution in [0.4, 0.5) is 5.69 Å². The van der Waals surface area contributed by atoms with Crippen molar-refractivity contribution in [3.05, 3.63) is 95.1 Å². The van der Waals surface area contributed by atoms with Crippen molar-refractivity contribution in [2.45, 2.75) is 52.1 Å². The third-order valence-corrected chi connectivity index (χ3v) is 7.96. The van der Waals surface area contributed by atoms with Crippen molar-refractivity contribution in [1.82, 2.24) is 10.2 Å². The predicted octanol–water partition coefficient (Wildman–Crippen LogP) is 4.36. The van der Waals surface area contributed by atoms with E-state index in [1.807, 2.05) is 58.0 Å². The molecule has 0 aliphatic heterocycles. The number of aryl methyl sites for hydroxylation is 3. The topological polar surface area (TPSA) is 86.8 Å². The van der Waals surface area contributed by atoms with Crippen LogP contribution in [0, 0.1) is 20.8 Å². The third kappa shape index (κ3) is 6.98. The molecule has 8 heteroatoms. The summed E-state index contributed by atoms with van der Waals surface area (Å²) in [6.45, 7) is 9.32. The van der Waals surface area contributed by atoms with Gasteiger partial charge in [0.25, 0.3) is 10.0 Å². The van der Waals surface area contributed by atoms with Gasteiger partial charge in [-0.05, 0) is 70.0 Å². The van der Waals surface area contributed by atoms with Crippen molar-refractivity contribution in [3.8, 4) is 0 Å². The summed E-state index contributed by atoms with van der Waals surface area (Å²) < 4.78 is 28.7. The largest absolute Gasteiger partial charge is 0.355 e. The molecular weight excluding hydrogens is 486 g/mol. The highest BCUT2D eigenvalue weighted by Crippen LogP contribution is 2.25. The average Bonchev–Trinajstić information content (AvgIpc) is 2.86. The summed E-state index contributed by atoms with van der Waals surface area (Å²) in [6.07, 6.45) is 0. The molecule has 0 unspecified atom stereocenters. The molecule has 0 fully saturated rings. The van der Waals surface area contributed by atoms with Crippen LogP contribution < -0.4 is 9.62 Å². The van der Waals surface area contributed by atoms with Crippen molar-refractivity contribution in [3.63, 3.8) is 0 Å². The Bertz CT molecular complexity index is 1340. The lowest BCUT2D eigenvalue weighted by atomic mass is 10.1. The first-order chi connectivity index (χ1) is 17.5. The van der Waals surface area contributed by atoms with E-state index in [0.29, 0.717) is 12.2 Å². The van der Waals surface area contributed by atoms with Gasteiger partial charge in [0.05, 0.1) is 10.6 Å². The lowest BCUT2D eigenvalue weighted by Crippen LogP contribution is -2.51. The van der Waals surface area contributed by atoms with Gasteiger partial charge in [0.2, 0.25) is 11.8 Å². The number of carbonyl (C=O) groups excluding carboxylic acids is 2. The van der Waals surface area contributed by atoms with Gasteiger partial charge in [0, 0.05) is 13.1 Å². The highest BCUT2D eigenvalue weighted by atomic mass is 32.2. The second-order valence-electron chi connectivity index (χ2n) is 9.24. The SMILES string of the molecule is CCNC(=O)[C@@H](C)N(Cc1ccc(C)cc1)C(=O)CN(c1cccc(C)c1)S(=O)(=O)c1ccc(C)cc1. The first kappa shape index (κ1) is 27.9. The third-order valence-electron chi connectivity index (χ3n) is 6.17. The number of amides is 2. The number of anilines is 1. The zero-order valence-electron chi connectivity index (χ0n) is 22.1. The van der Waals surface area contributed by atoms with Crippen molar-refractivity contribution in [2.24, 2.45) is 0 Å². The molecule has 0 saturated carbocycles. The van der Waals surface area contributed by atoms with Crippen molar-refractivity contribution < 1.29 is 18.0 Å². The molecule has 1 N–H and O–H groups in total. The number of benzene rings is 3. The van der Waals surface area contributed by atoms with E-state index in [9.17, 15) is 18.0 Å². The summed E-state index contributed by atoms with van der Waals surface area (Å²) in [5.41, 5.74) is 4.10. The van der Waals surface area contributed by atoms with Crippen LogP contribution in [-0.4, -0.2) is 44.3 Å². The zero-order chi connectivity index (χ0) is 27.2. The van der Waals surface area contributed by atoms with Crippen LogP contribution >= 0.6 is 0 Å². The van der Waals surface area contributed by atoms with Gasteiger partial charge in [0.15, 0.2) is 0 Å². The van der Waals surface area contributed by atoms with E-state index >= 15 is 0 Å². The molecule has 0 aliphatic carbocycles. The zero-order valence-corrected chi connectivity index (χ0v) is 22.9. The summed E-state index contributed by atoms with van der Waals surface area (Å²) in [7, 11) is -4.07. The van der Waals surface area contributed by atoms with Gasteiger partial charge in [-0.15, -0.1) is 0 Å². The van der Waals surface area contributed by atoms with Gasteiger partial charge < -0.3 is 10.2 Å². The van der Waals surface area contributed by atoms with Gasteiger partial charge in [0.1, 0.15) is 12.6 Å². The Labute approximate surface area is 220 Å². The van der Waals surface area contributed by atoms with Crippen LogP contribution in [0.3, 0.4) is 0 Å². The molecule has 0 aromatic heterocycles. The molecule has 0 radical (unpaired) electrons. The first-order valence-corrected chi connectivity index (χ1v) is 13.8. The Morgan fingerprint density at radius 2 is 1.46 bits per heavy atom. The highest BCUT2D eigenvalue weighted by Gasteiger charge is 2.32. The van der Waals surface area contributed by atoms with Gasteiger partial charge in [-0.1, -0.05) is 59.7 Å². The van der Waals surface area contributed by atoms with E-state index in [0.717, 1.165) is 26.6 Å². The van der Waals surface area contributed by atoms with Crippen LogP contribution in [0.25, 0.3) is 0 Å². The number of hydrogen-bond donors (Lipinski definition) is 1. The molecule has 0 spiro atoms. The highest BCUT2D eigenvalue weighted by molar-refractivity contribution is 7.92. The number of carbonyl (C=O) groups is 2. The van der Waals surface area contributed by atoms with Crippen LogP contribution in [0.1, 0.15) is 36.1 Å². The second-order valence-corrected chi connectivity index (χ2v) is 11.1. The molecule has 37 heavy (non-hydrogen) atoms. The molecule has 7 nitrogen and oxygen atoms in total. The molecule has 1 atom stereocenters. The van der Waals surface area contributed by atoms with Crippen LogP contribution in [0.2, 0.25) is 0 Å². The minimum atomic E-state index is -4.07. The Balaban J connectivity index is 2.02. The summed E-state index contributed by atoms with van der Waals surface area (Å²) >= 11 is 0. The Hall–Kier alpha value is -3.65. The van der Waals surface area contributed by atoms with E-state index in [1.165, 1.54) is 4.90 Å². The summed E-state index contributed by atoms with van der Waals surface area (Å²) in [5, 5.41) is 2.76. The van der Waals surface area contributed by atoms with E-state index in [-0.39, 0.29) is 17.3 Å². The Morgan fingerprint density at radius 1 is 0.865 bits per heavy atom. The maximum atomic E-state index is 13.8. The van der Waals surface area contributed by atoms with Gasteiger partial charge in [-0.3, -0.25) is 13.9 Å². The fourth-order valence-corrected chi connectivity index (χ4v) is 5.35. The van der Waals surface area contributed by atoms with E-state index < -0.39 is 28.5 Å². The minimum Gasteiger partial charge on any atom is -0.355 e. The van der Waals surface area contributed by atoms with Crippen molar-refractivity contribution in [2.75, 3.05) is 17.4 Å². The molecular formula is C29H35N3O4S. The summed E-state index contributed by atoms with van der Waals surface area (Å²) in [5.74, 6) is -0.775. The second kappa shape index (κ2) is 12.1. The van der Waals surface area contributed by atoms with E-state index in [2.05, 4.69) is 5.32 Å². The molecule has 0 heterocycles. The van der Waals surface area contributed by atoms with Crippen LogP contribution in [-0.2, 0) is 26.2 Å². The maximum Gasteiger partial charge on any atom is 0.264 e. The number of hydrogen-bond acceptors (Lipinski definition) is 4. The van der Waals surface area contributed by atoms with Gasteiger partial charge in [-0.25, -0.2) is 8.42 Å². The molecule has 3 aromatic carbocycles. The van der Waals surface area contributed by atoms with Crippen molar-refractivity contribution >= 4 is 27.5 Å². The number of nitrogens with one attached hydrogen (secondary N) is 1. The molecule has 0 aliphatic rings. The van der Waals surface area contributed by atoms with Gasteiger partial charge in [-0.2, -0.15) is 0 Å². The number of sulfonamides is 1. The summed E-state index contributed by atoms with van der Waals surface area (Å²) in [4.78, 5) is 28.1. The first-order valence-electron chi connectivity index (χ1n) is 12.3. The quantitative estimate of drug-likeness (QED) is 0.430. The molecule has 196 valence electrons. The van der Waals surface area contributed by atoms with Crippen LogP contribution in [0.5, 0.6) is 0 Å². The maximum absolute atomic E-state index is 13.8. The number of rotatable bonds is 10. The average molecular weight is 522 g/mol. The molecule has 3 aromatic rings. The lowest BCUT2D eigenvalue weighted by molar-refractivity contribution is -0.139. The van der Waals surface area contributed by atoms with Crippen molar-refractivity contribution in [1.29, 1.82) is 0 Å². The fraction of sp³-hybridized carbons (Fsp3) is 0.310. The van der Waals surface area contributed by atoms with E-state index in [4.69, 9.17) is 0 Å². The smallest absolute Gasteiger partial charge is 0.264 e. The molecule has 2 amide bonds. The Morgan fingerprint density at radius 3 is 2.03 bits per heavy atom. The number of likely N-dealkylation sites (N-methyl/N-ethyl adjacent to an activating group) is 1. The Kier molecular flexibility index (Phi) is 9.10. The number of nitrogens with zero attached hydrogens (tertiary/aromatic N) is 2. The summed E-state index contributed by atoms with van der Waals surface area (Å²) in [6, 6.07) is 20.5. The lowest BCUT2D eigenvalue weighted by Gasteiger charge is -2.32. The predicted molar refractivity (Wildman–Crippen MR) is 147 cm³/mol. The molecule has 3 rings (SSSR count). The standard InChI is InChI=1S/C29H35N3O4S/c1-6-30-29(34)24(5)31(19-25-14-10-21(2)11-15-25)28(33)20-32(26-9-7-8-23(4)18-26)37(35,36)27-16-12-22(3)13-17-27/h7-18,24H,6,19-20H2,1-5H3,(H,30,34)/t24-/m1/s1. The van der Waals surface area contributed by atoms with Crippen LogP contribution in [0.15, 0.2) is 77.7 Å². The monoisotopic (exact) mass is 521 g/mol. The molecule has 0 saturated heterocycles.